The van der Waals surface area contributed by atoms with Gasteiger partial charge in [-0.3, -0.25) is 9.78 Å². The zero-order chi connectivity index (χ0) is 16.9. The summed E-state index contributed by atoms with van der Waals surface area (Å²) in [6.07, 6.45) is -1.25. The SMILES string of the molecule is C[Si](C)(C)N(C(=O)C(F)(F)F)[Si](C)(C)C.c1ccncc1. The molecule has 0 bridgehead atoms. The number of carbonyl (C=O) groups is 1. The van der Waals surface area contributed by atoms with Crippen molar-refractivity contribution in [2.24, 2.45) is 0 Å². The first-order chi connectivity index (χ1) is 9.28. The summed E-state index contributed by atoms with van der Waals surface area (Å²) in [7, 11) is -4.54. The normalized spacial score (nSPS) is 12.2. The molecule has 1 heterocycles. The van der Waals surface area contributed by atoms with Gasteiger partial charge in [0.1, 0.15) is 16.5 Å². The molecule has 1 rings (SSSR count). The van der Waals surface area contributed by atoms with Crippen LogP contribution in [0.3, 0.4) is 0 Å². The molecule has 0 N–H and O–H groups in total. The van der Waals surface area contributed by atoms with Crippen LogP contribution >= 0.6 is 0 Å². The fourth-order valence-electron chi connectivity index (χ4n) is 2.05. The molecule has 0 fully saturated rings. The van der Waals surface area contributed by atoms with Gasteiger partial charge in [0.25, 0.3) is 0 Å². The quantitative estimate of drug-likeness (QED) is 0.761. The van der Waals surface area contributed by atoms with Crippen LogP contribution in [0.1, 0.15) is 0 Å². The topological polar surface area (TPSA) is 33.2 Å². The Kier molecular flexibility index (Phi) is 6.81. The van der Waals surface area contributed by atoms with Crippen LogP contribution in [0.4, 0.5) is 13.2 Å². The Hall–Kier alpha value is -1.16. The monoisotopic (exact) mass is 336 g/mol. The van der Waals surface area contributed by atoms with E-state index in [0.29, 0.717) is 0 Å². The summed E-state index contributed by atoms with van der Waals surface area (Å²) >= 11 is 0. The lowest BCUT2D eigenvalue weighted by Gasteiger charge is -2.43. The van der Waals surface area contributed by atoms with Gasteiger partial charge in [0.2, 0.25) is 0 Å². The highest BCUT2D eigenvalue weighted by molar-refractivity contribution is 6.92. The number of amides is 1. The number of hydrogen-bond donors (Lipinski definition) is 0. The van der Waals surface area contributed by atoms with E-state index in [1.165, 1.54) is 0 Å². The molecule has 3 nitrogen and oxygen atoms in total. The highest BCUT2D eigenvalue weighted by Crippen LogP contribution is 2.27. The van der Waals surface area contributed by atoms with Crippen molar-refractivity contribution in [3.8, 4) is 0 Å². The zero-order valence-corrected chi connectivity index (χ0v) is 15.3. The molecule has 1 aromatic heterocycles. The van der Waals surface area contributed by atoms with E-state index < -0.39 is 28.6 Å². The van der Waals surface area contributed by atoms with Gasteiger partial charge in [-0.1, -0.05) is 45.3 Å². The Labute approximate surface area is 126 Å². The van der Waals surface area contributed by atoms with Gasteiger partial charge in [-0.05, 0) is 12.1 Å². The average Bonchev–Trinajstić information content (AvgIpc) is 2.27. The largest absolute Gasteiger partial charge is 0.469 e. The third-order valence-corrected chi connectivity index (χ3v) is 9.47. The van der Waals surface area contributed by atoms with Crippen molar-refractivity contribution < 1.29 is 18.0 Å². The number of pyridine rings is 1. The predicted octanol–water partition coefficient (Wildman–Crippen LogP) is 4.13. The van der Waals surface area contributed by atoms with Crippen molar-refractivity contribution in [1.82, 2.24) is 9.22 Å². The Balaban J connectivity index is 0.000000547. The molecule has 120 valence electrons. The minimum Gasteiger partial charge on any atom is -0.388 e. The summed E-state index contributed by atoms with van der Waals surface area (Å²) in [6.45, 7) is 10.6. The minimum absolute atomic E-state index is 1.14. The Morgan fingerprint density at radius 3 is 1.38 bits per heavy atom. The lowest BCUT2D eigenvalue weighted by atomic mass is 10.5. The Bertz CT molecular complexity index is 399. The van der Waals surface area contributed by atoms with Gasteiger partial charge in [0, 0.05) is 12.4 Å². The highest BCUT2D eigenvalue weighted by Gasteiger charge is 2.50. The molecule has 0 aliphatic heterocycles. The number of halogens is 3. The van der Waals surface area contributed by atoms with Gasteiger partial charge in [-0.15, -0.1) is 0 Å². The molecule has 0 saturated heterocycles. The predicted molar refractivity (Wildman–Crippen MR) is 83.8 cm³/mol. The molecule has 8 heteroatoms. The van der Waals surface area contributed by atoms with E-state index in [4.69, 9.17) is 0 Å². The molecular weight excluding hydrogens is 313 g/mol. The van der Waals surface area contributed by atoms with Crippen molar-refractivity contribution in [2.45, 2.75) is 45.5 Å². The Morgan fingerprint density at radius 1 is 0.905 bits per heavy atom. The van der Waals surface area contributed by atoms with Gasteiger partial charge in [0.15, 0.2) is 0 Å². The average molecular weight is 337 g/mol. The van der Waals surface area contributed by atoms with Gasteiger partial charge >= 0.3 is 12.1 Å². The number of rotatable bonds is 2. The number of carbonyl (C=O) groups excluding carboxylic acids is 1. The molecule has 0 unspecified atom stereocenters. The molecule has 0 atom stereocenters. The summed E-state index contributed by atoms with van der Waals surface area (Å²) in [5, 5.41) is 0. The maximum absolute atomic E-state index is 12.4. The molecule has 0 aliphatic rings. The van der Waals surface area contributed by atoms with E-state index in [-0.39, 0.29) is 0 Å². The fraction of sp³-hybridized carbons (Fsp3) is 0.538. The molecule has 0 saturated carbocycles. The van der Waals surface area contributed by atoms with Crippen LogP contribution in [0.15, 0.2) is 30.6 Å². The van der Waals surface area contributed by atoms with Crippen molar-refractivity contribution in [3.05, 3.63) is 30.6 Å². The fourth-order valence-corrected chi connectivity index (χ4v) is 11.6. The van der Waals surface area contributed by atoms with Crippen LogP contribution in [0, 0.1) is 0 Å². The van der Waals surface area contributed by atoms with Gasteiger partial charge < -0.3 is 4.23 Å². The third kappa shape index (κ3) is 7.42. The maximum atomic E-state index is 12.4. The van der Waals surface area contributed by atoms with Crippen molar-refractivity contribution in [3.63, 3.8) is 0 Å². The number of nitrogens with zero attached hydrogens (tertiary/aromatic N) is 2. The van der Waals surface area contributed by atoms with E-state index in [0.717, 1.165) is 4.23 Å². The van der Waals surface area contributed by atoms with Gasteiger partial charge in [-0.2, -0.15) is 13.2 Å². The molecule has 21 heavy (non-hydrogen) atoms. The van der Waals surface area contributed by atoms with Crippen molar-refractivity contribution in [2.75, 3.05) is 0 Å². The van der Waals surface area contributed by atoms with Crippen molar-refractivity contribution in [1.29, 1.82) is 0 Å². The second kappa shape index (κ2) is 7.21. The lowest BCUT2D eigenvalue weighted by molar-refractivity contribution is -0.177. The first-order valence-corrected chi connectivity index (χ1v) is 13.4. The second-order valence-corrected chi connectivity index (χ2v) is 16.5. The van der Waals surface area contributed by atoms with Crippen LogP contribution in [0.2, 0.25) is 39.3 Å². The smallest absolute Gasteiger partial charge is 0.388 e. The number of hydrogen-bond acceptors (Lipinski definition) is 2. The summed E-state index contributed by atoms with van der Waals surface area (Å²) in [6, 6.07) is 5.72. The van der Waals surface area contributed by atoms with Crippen molar-refractivity contribution >= 4 is 22.4 Å². The Morgan fingerprint density at radius 2 is 1.29 bits per heavy atom. The molecule has 0 aliphatic carbocycles. The molecule has 1 amide bonds. The van der Waals surface area contributed by atoms with Gasteiger partial charge in [0.05, 0.1) is 0 Å². The van der Waals surface area contributed by atoms with E-state index in [2.05, 4.69) is 4.98 Å². The molecule has 0 aromatic carbocycles. The van der Waals surface area contributed by atoms with E-state index in [9.17, 15) is 18.0 Å². The lowest BCUT2D eigenvalue weighted by Crippen LogP contribution is -2.64. The molecule has 0 spiro atoms. The summed E-state index contributed by atoms with van der Waals surface area (Å²) in [4.78, 5) is 15.1. The number of aromatic nitrogens is 1. The number of alkyl halides is 3. The van der Waals surface area contributed by atoms with Crippen LogP contribution in [-0.2, 0) is 4.79 Å². The van der Waals surface area contributed by atoms with Crippen LogP contribution in [-0.4, -0.2) is 37.8 Å². The first kappa shape index (κ1) is 19.8. The molecule has 0 radical (unpaired) electrons. The first-order valence-electron chi connectivity index (χ1n) is 6.54. The zero-order valence-electron chi connectivity index (χ0n) is 13.3. The summed E-state index contributed by atoms with van der Waals surface area (Å²) in [5.74, 6) is -1.67. The van der Waals surface area contributed by atoms with Crippen LogP contribution < -0.4 is 0 Å². The highest BCUT2D eigenvalue weighted by atomic mass is 28.4. The van der Waals surface area contributed by atoms with Crippen LogP contribution in [0.25, 0.3) is 0 Å². The maximum Gasteiger partial charge on any atom is 0.469 e. The molecule has 1 aromatic rings. The van der Waals surface area contributed by atoms with E-state index in [1.54, 1.807) is 51.7 Å². The summed E-state index contributed by atoms with van der Waals surface area (Å²) in [5.41, 5.74) is 0. The van der Waals surface area contributed by atoms with E-state index in [1.807, 2.05) is 18.2 Å². The van der Waals surface area contributed by atoms with Crippen LogP contribution in [0.5, 0.6) is 0 Å². The van der Waals surface area contributed by atoms with E-state index >= 15 is 0 Å². The molecular formula is C13H23F3N2OSi2. The minimum atomic E-state index is -4.75. The third-order valence-electron chi connectivity index (χ3n) is 2.35. The second-order valence-electron chi connectivity index (χ2n) is 6.50. The summed E-state index contributed by atoms with van der Waals surface area (Å²) < 4.78 is 38.4. The van der Waals surface area contributed by atoms with Gasteiger partial charge in [-0.25, -0.2) is 0 Å². The standard InChI is InChI=1S/C8H18F3NOSi2.C5H5N/c1-14(2,3)12(15(4,5)6)7(13)8(9,10)11;1-2-4-6-5-3-1/h1-6H3;1-5H.